The molecule has 1 fully saturated rings. The van der Waals surface area contributed by atoms with Gasteiger partial charge in [0.05, 0.1) is 23.0 Å². The molecule has 130 valence electrons. The summed E-state index contributed by atoms with van der Waals surface area (Å²) in [5, 5.41) is 0. The monoisotopic (exact) mass is 364 g/mol. The maximum absolute atomic E-state index is 13.1. The Kier molecular flexibility index (Phi) is 3.41. The van der Waals surface area contributed by atoms with Crippen LogP contribution in [0.1, 0.15) is 31.8 Å². The lowest BCUT2D eigenvalue weighted by Gasteiger charge is -2.34. The Morgan fingerprint density at radius 2 is 1.54 bits per heavy atom. The fourth-order valence-corrected chi connectivity index (χ4v) is 4.34. The van der Waals surface area contributed by atoms with E-state index in [1.807, 2.05) is 6.07 Å². The van der Waals surface area contributed by atoms with Gasteiger partial charge in [-0.25, -0.2) is 0 Å². The van der Waals surface area contributed by atoms with Gasteiger partial charge in [0.2, 0.25) is 0 Å². The summed E-state index contributed by atoms with van der Waals surface area (Å²) >= 11 is 1.09. The van der Waals surface area contributed by atoms with Crippen molar-refractivity contribution < 1.29 is 9.59 Å². The Labute approximate surface area is 154 Å². The van der Waals surface area contributed by atoms with Crippen LogP contribution in [0.25, 0.3) is 11.0 Å². The zero-order chi connectivity index (χ0) is 17.8. The summed E-state index contributed by atoms with van der Waals surface area (Å²) in [7, 11) is 2.10. The number of anilines is 1. The minimum absolute atomic E-state index is 0.111. The molecule has 2 aromatic carbocycles. The summed E-state index contributed by atoms with van der Waals surface area (Å²) < 4.78 is 8.83. The largest absolute Gasteiger partial charge is 0.367 e. The molecule has 2 aliphatic rings. The summed E-state index contributed by atoms with van der Waals surface area (Å²) in [5.41, 5.74) is 3.94. The van der Waals surface area contributed by atoms with Crippen LogP contribution in [-0.4, -0.2) is 58.4 Å². The molecule has 26 heavy (non-hydrogen) atoms. The number of carbonyl (C=O) groups is 2. The number of ketones is 2. The van der Waals surface area contributed by atoms with Crippen molar-refractivity contribution in [1.29, 1.82) is 0 Å². The van der Waals surface area contributed by atoms with Crippen LogP contribution in [0.3, 0.4) is 0 Å². The van der Waals surface area contributed by atoms with Crippen LogP contribution in [0.15, 0.2) is 30.3 Å². The third-order valence-corrected chi connectivity index (χ3v) is 5.78. The highest BCUT2D eigenvalue weighted by Gasteiger charge is 2.34. The van der Waals surface area contributed by atoms with Gasteiger partial charge < -0.3 is 9.80 Å². The molecule has 2 heterocycles. The van der Waals surface area contributed by atoms with E-state index in [0.717, 1.165) is 49.1 Å². The number of aromatic nitrogens is 2. The first-order chi connectivity index (χ1) is 12.6. The molecule has 3 aromatic rings. The van der Waals surface area contributed by atoms with Crippen molar-refractivity contribution in [2.24, 2.45) is 0 Å². The quantitative estimate of drug-likeness (QED) is 0.516. The number of fused-ring (bicyclic) bond motifs is 4. The van der Waals surface area contributed by atoms with Crippen LogP contribution >= 0.6 is 11.7 Å². The zero-order valence-electron chi connectivity index (χ0n) is 14.2. The highest BCUT2D eigenvalue weighted by molar-refractivity contribution is 7.00. The Morgan fingerprint density at radius 3 is 2.27 bits per heavy atom. The predicted molar refractivity (Wildman–Crippen MR) is 100 cm³/mol. The zero-order valence-corrected chi connectivity index (χ0v) is 15.0. The molecule has 0 N–H and O–H groups in total. The molecule has 1 aromatic heterocycles. The molecule has 0 atom stereocenters. The van der Waals surface area contributed by atoms with E-state index in [1.165, 1.54) is 0 Å². The Balaban J connectivity index is 1.73. The Morgan fingerprint density at radius 1 is 0.885 bits per heavy atom. The molecular formula is C19H16N4O2S. The van der Waals surface area contributed by atoms with Crippen LogP contribution in [-0.2, 0) is 0 Å². The third kappa shape index (κ3) is 2.14. The lowest BCUT2D eigenvalue weighted by molar-refractivity contribution is 0.0980. The van der Waals surface area contributed by atoms with E-state index < -0.39 is 0 Å². The predicted octanol–water partition coefficient (Wildman–Crippen LogP) is 2.22. The van der Waals surface area contributed by atoms with E-state index in [2.05, 4.69) is 25.6 Å². The van der Waals surface area contributed by atoms with Crippen LogP contribution in [0.2, 0.25) is 0 Å². The Bertz CT molecular complexity index is 1070. The van der Waals surface area contributed by atoms with Crippen LogP contribution in [0, 0.1) is 0 Å². The fourth-order valence-electron chi connectivity index (χ4n) is 3.78. The Hall–Kier alpha value is -2.64. The van der Waals surface area contributed by atoms with Crippen molar-refractivity contribution >= 4 is 40.0 Å². The van der Waals surface area contributed by atoms with Crippen LogP contribution < -0.4 is 4.90 Å². The molecule has 0 saturated carbocycles. The topological polar surface area (TPSA) is 66.4 Å². The van der Waals surface area contributed by atoms with Gasteiger partial charge in [-0.1, -0.05) is 24.3 Å². The highest BCUT2D eigenvalue weighted by Crippen LogP contribution is 2.37. The van der Waals surface area contributed by atoms with E-state index in [4.69, 9.17) is 0 Å². The molecular weight excluding hydrogens is 348 g/mol. The molecule has 7 heteroatoms. The van der Waals surface area contributed by atoms with Gasteiger partial charge in [-0.05, 0) is 13.1 Å². The second-order valence-electron chi connectivity index (χ2n) is 6.77. The summed E-state index contributed by atoms with van der Waals surface area (Å²) in [6.07, 6.45) is 0. The van der Waals surface area contributed by atoms with Crippen molar-refractivity contribution in [2.45, 2.75) is 0 Å². The molecule has 0 bridgehead atoms. The summed E-state index contributed by atoms with van der Waals surface area (Å²) in [5.74, 6) is -0.252. The first kappa shape index (κ1) is 15.6. The molecule has 0 spiro atoms. The van der Waals surface area contributed by atoms with E-state index in [-0.39, 0.29) is 11.6 Å². The van der Waals surface area contributed by atoms with Gasteiger partial charge in [-0.3, -0.25) is 9.59 Å². The van der Waals surface area contributed by atoms with Gasteiger partial charge in [-0.15, -0.1) is 0 Å². The minimum atomic E-state index is -0.141. The van der Waals surface area contributed by atoms with E-state index in [1.54, 1.807) is 24.3 Å². The number of carbonyl (C=O) groups excluding carboxylic acids is 2. The normalized spacial score (nSPS) is 17.5. The minimum Gasteiger partial charge on any atom is -0.367 e. The molecule has 1 aliphatic carbocycles. The number of nitrogens with zero attached hydrogens (tertiary/aromatic N) is 4. The van der Waals surface area contributed by atoms with Crippen molar-refractivity contribution in [2.75, 3.05) is 38.1 Å². The summed E-state index contributed by atoms with van der Waals surface area (Å²) in [4.78, 5) is 30.7. The van der Waals surface area contributed by atoms with E-state index in [0.29, 0.717) is 27.8 Å². The molecule has 0 radical (unpaired) electrons. The third-order valence-electron chi connectivity index (χ3n) is 5.25. The van der Waals surface area contributed by atoms with Gasteiger partial charge in [0.15, 0.2) is 11.6 Å². The lowest BCUT2D eigenvalue weighted by Crippen LogP contribution is -2.44. The van der Waals surface area contributed by atoms with Gasteiger partial charge in [-0.2, -0.15) is 8.75 Å². The molecule has 0 amide bonds. The maximum Gasteiger partial charge on any atom is 0.196 e. The molecule has 0 unspecified atom stereocenters. The van der Waals surface area contributed by atoms with Gasteiger partial charge in [0.1, 0.15) is 11.0 Å². The smallest absolute Gasteiger partial charge is 0.196 e. The average molecular weight is 364 g/mol. The average Bonchev–Trinajstić information content (AvgIpc) is 3.15. The number of hydrogen-bond donors (Lipinski definition) is 0. The number of piperazine rings is 1. The van der Waals surface area contributed by atoms with Gasteiger partial charge >= 0.3 is 0 Å². The lowest BCUT2D eigenvalue weighted by atomic mass is 9.83. The number of rotatable bonds is 1. The molecule has 5 rings (SSSR count). The fraction of sp³-hybridized carbons (Fsp3) is 0.263. The second-order valence-corrected chi connectivity index (χ2v) is 7.30. The van der Waals surface area contributed by atoms with Gasteiger partial charge in [0.25, 0.3) is 0 Å². The molecule has 1 aliphatic heterocycles. The summed E-state index contributed by atoms with van der Waals surface area (Å²) in [6, 6.07) is 8.85. The number of benzene rings is 2. The number of likely N-dealkylation sites (N-methyl/N-ethyl adjacent to an activating group) is 1. The van der Waals surface area contributed by atoms with Crippen LogP contribution in [0.5, 0.6) is 0 Å². The van der Waals surface area contributed by atoms with E-state index >= 15 is 0 Å². The van der Waals surface area contributed by atoms with Crippen molar-refractivity contribution in [1.82, 2.24) is 13.6 Å². The van der Waals surface area contributed by atoms with Crippen molar-refractivity contribution in [3.63, 3.8) is 0 Å². The highest BCUT2D eigenvalue weighted by atomic mass is 32.1. The van der Waals surface area contributed by atoms with E-state index in [9.17, 15) is 9.59 Å². The van der Waals surface area contributed by atoms with Crippen molar-refractivity contribution in [3.8, 4) is 0 Å². The maximum atomic E-state index is 13.1. The van der Waals surface area contributed by atoms with Crippen molar-refractivity contribution in [3.05, 3.63) is 52.6 Å². The first-order valence-electron chi connectivity index (χ1n) is 8.56. The molecule has 6 nitrogen and oxygen atoms in total. The standard InChI is InChI=1S/C19H16N4O2S/c1-22-6-8-23(9-7-22)14-10-13-15(17-16(14)20-26-21-17)19(25)12-5-3-2-4-11(12)18(13)24/h2-5,10H,6-9H2,1H3. The SMILES string of the molecule is CN1CCN(c2cc3c(c4nsnc24)C(=O)c2ccccc2C3=O)CC1. The molecule has 1 saturated heterocycles. The first-order valence-corrected chi connectivity index (χ1v) is 9.29. The number of hydrogen-bond acceptors (Lipinski definition) is 7. The second kappa shape index (κ2) is 5.69. The summed E-state index contributed by atoms with van der Waals surface area (Å²) in [6.45, 7) is 3.62. The van der Waals surface area contributed by atoms with Gasteiger partial charge in [0, 0.05) is 42.9 Å². The van der Waals surface area contributed by atoms with Crippen LogP contribution in [0.4, 0.5) is 5.69 Å².